The molecule has 0 spiro atoms. The molecule has 0 radical (unpaired) electrons. The molecule has 0 saturated heterocycles. The minimum Gasteiger partial charge on any atom is -0.394 e. The lowest BCUT2D eigenvalue weighted by atomic mass is 10.0. The summed E-state index contributed by atoms with van der Waals surface area (Å²) in [6, 6.07) is 10.2. The minimum absolute atomic E-state index is 0.0462. The van der Waals surface area contributed by atoms with Crippen LogP contribution in [0.1, 0.15) is 30.1 Å². The zero-order chi connectivity index (χ0) is 16.4. The molecule has 0 bridgehead atoms. The van der Waals surface area contributed by atoms with Crippen molar-refractivity contribution in [3.63, 3.8) is 0 Å². The predicted octanol–water partition coefficient (Wildman–Crippen LogP) is 1.64. The molecular weight excluding hydrogens is 290 g/mol. The van der Waals surface area contributed by atoms with E-state index in [9.17, 15) is 5.11 Å². The molecule has 6 heteroatoms. The number of hydrogen-bond donors (Lipinski definition) is 2. The number of imidazole rings is 1. The second kappa shape index (κ2) is 6.52. The van der Waals surface area contributed by atoms with Crippen LogP contribution in [0.4, 0.5) is 0 Å². The summed E-state index contributed by atoms with van der Waals surface area (Å²) in [6.45, 7) is 5.86. The van der Waals surface area contributed by atoms with Gasteiger partial charge in [-0.3, -0.25) is 4.68 Å². The number of fused-ring (bicyclic) bond motifs is 1. The minimum atomic E-state index is -0.0462. The summed E-state index contributed by atoms with van der Waals surface area (Å²) in [7, 11) is 0. The highest BCUT2D eigenvalue weighted by Gasteiger charge is 2.24. The number of aliphatic hydroxyl groups is 1. The number of aromatic nitrogens is 4. The molecule has 0 aliphatic carbocycles. The van der Waals surface area contributed by atoms with Gasteiger partial charge in [0.1, 0.15) is 5.82 Å². The van der Waals surface area contributed by atoms with Crippen LogP contribution in [0.5, 0.6) is 0 Å². The highest BCUT2D eigenvalue weighted by molar-refractivity contribution is 5.76. The number of para-hydroxylation sites is 2. The van der Waals surface area contributed by atoms with Crippen molar-refractivity contribution >= 4 is 11.0 Å². The third-order valence-electron chi connectivity index (χ3n) is 4.15. The summed E-state index contributed by atoms with van der Waals surface area (Å²) in [5, 5.41) is 13.7. The van der Waals surface area contributed by atoms with E-state index in [1.54, 1.807) is 0 Å². The Morgan fingerprint density at radius 3 is 2.78 bits per heavy atom. The van der Waals surface area contributed by atoms with E-state index < -0.39 is 0 Å². The zero-order valence-electron chi connectivity index (χ0n) is 13.6. The van der Waals surface area contributed by atoms with Gasteiger partial charge in [-0.25, -0.2) is 4.98 Å². The fourth-order valence-corrected chi connectivity index (χ4v) is 3.17. The average molecular weight is 313 g/mol. The van der Waals surface area contributed by atoms with Crippen LogP contribution in [0.15, 0.2) is 30.3 Å². The first-order chi connectivity index (χ1) is 11.2. The van der Waals surface area contributed by atoms with E-state index in [-0.39, 0.29) is 12.5 Å². The predicted molar refractivity (Wildman–Crippen MR) is 90.4 cm³/mol. The van der Waals surface area contributed by atoms with Gasteiger partial charge in [0.15, 0.2) is 0 Å². The van der Waals surface area contributed by atoms with Crippen molar-refractivity contribution in [3.05, 3.63) is 47.5 Å². The maximum Gasteiger partial charge on any atom is 0.120 e. The molecule has 3 rings (SSSR count). The van der Waals surface area contributed by atoms with E-state index in [1.807, 2.05) is 35.9 Å². The Bertz CT molecular complexity index is 805. The van der Waals surface area contributed by atoms with Crippen molar-refractivity contribution in [2.45, 2.75) is 32.9 Å². The Kier molecular flexibility index (Phi) is 4.45. The Hall–Kier alpha value is -2.18. The molecule has 2 heterocycles. The maximum atomic E-state index is 9.28. The molecule has 122 valence electrons. The van der Waals surface area contributed by atoms with Gasteiger partial charge in [-0.05, 0) is 32.0 Å². The molecule has 0 aliphatic heterocycles. The first-order valence-corrected chi connectivity index (χ1v) is 8.00. The van der Waals surface area contributed by atoms with E-state index in [4.69, 9.17) is 10.7 Å². The van der Waals surface area contributed by atoms with Gasteiger partial charge in [-0.2, -0.15) is 5.10 Å². The summed E-state index contributed by atoms with van der Waals surface area (Å²) >= 11 is 0. The van der Waals surface area contributed by atoms with E-state index >= 15 is 0 Å². The molecule has 3 aromatic rings. The van der Waals surface area contributed by atoms with Gasteiger partial charge in [0.2, 0.25) is 0 Å². The fraction of sp³-hybridized carbons (Fsp3) is 0.412. The van der Waals surface area contributed by atoms with Crippen LogP contribution in [0.3, 0.4) is 0 Å². The van der Waals surface area contributed by atoms with E-state index in [0.717, 1.165) is 34.8 Å². The molecule has 23 heavy (non-hydrogen) atoms. The summed E-state index contributed by atoms with van der Waals surface area (Å²) < 4.78 is 4.05. The Morgan fingerprint density at radius 1 is 1.30 bits per heavy atom. The number of nitrogens with two attached hydrogens (primary N) is 1. The average Bonchev–Trinajstić information content (AvgIpc) is 3.09. The summed E-state index contributed by atoms with van der Waals surface area (Å²) in [5.41, 5.74) is 10.1. The molecule has 6 nitrogen and oxygen atoms in total. The normalized spacial score (nSPS) is 12.9. The van der Waals surface area contributed by atoms with E-state index in [1.165, 1.54) is 0 Å². The molecule has 0 fully saturated rings. The van der Waals surface area contributed by atoms with Gasteiger partial charge in [0.25, 0.3) is 0 Å². The lowest BCUT2D eigenvalue weighted by Crippen LogP contribution is -2.22. The van der Waals surface area contributed by atoms with Crippen molar-refractivity contribution in [1.29, 1.82) is 0 Å². The Morgan fingerprint density at radius 2 is 2.09 bits per heavy atom. The number of aliphatic hydroxyl groups excluding tert-OH is 1. The van der Waals surface area contributed by atoms with Crippen LogP contribution < -0.4 is 5.73 Å². The van der Waals surface area contributed by atoms with Gasteiger partial charge >= 0.3 is 0 Å². The lowest BCUT2D eigenvalue weighted by molar-refractivity contribution is 0.266. The highest BCUT2D eigenvalue weighted by atomic mass is 16.3. The van der Waals surface area contributed by atoms with Crippen LogP contribution in [-0.2, 0) is 13.1 Å². The van der Waals surface area contributed by atoms with Gasteiger partial charge in [-0.15, -0.1) is 0 Å². The zero-order valence-corrected chi connectivity index (χ0v) is 13.6. The number of rotatable bonds is 6. The summed E-state index contributed by atoms with van der Waals surface area (Å²) in [6.07, 6.45) is 0. The van der Waals surface area contributed by atoms with Gasteiger partial charge in [0, 0.05) is 13.1 Å². The topological polar surface area (TPSA) is 81.9 Å². The monoisotopic (exact) mass is 313 g/mol. The highest BCUT2D eigenvalue weighted by Crippen LogP contribution is 2.27. The lowest BCUT2D eigenvalue weighted by Gasteiger charge is -2.17. The van der Waals surface area contributed by atoms with Gasteiger partial charge < -0.3 is 15.4 Å². The molecule has 0 saturated carbocycles. The van der Waals surface area contributed by atoms with Gasteiger partial charge in [0.05, 0.1) is 41.5 Å². The molecule has 1 atom stereocenters. The van der Waals surface area contributed by atoms with E-state index in [2.05, 4.69) is 22.7 Å². The number of hydrogen-bond acceptors (Lipinski definition) is 4. The molecule has 0 aliphatic rings. The van der Waals surface area contributed by atoms with Crippen molar-refractivity contribution < 1.29 is 5.11 Å². The molecule has 1 aromatic carbocycles. The number of nitrogens with zero attached hydrogens (tertiary/aromatic N) is 4. The largest absolute Gasteiger partial charge is 0.394 e. The van der Waals surface area contributed by atoms with Crippen LogP contribution in [0.25, 0.3) is 11.0 Å². The van der Waals surface area contributed by atoms with Crippen molar-refractivity contribution in [1.82, 2.24) is 19.3 Å². The summed E-state index contributed by atoms with van der Waals surface area (Å²) in [4.78, 5) is 4.82. The van der Waals surface area contributed by atoms with Gasteiger partial charge in [-0.1, -0.05) is 12.1 Å². The van der Waals surface area contributed by atoms with Crippen LogP contribution in [-0.4, -0.2) is 37.6 Å². The van der Waals surface area contributed by atoms with Crippen LogP contribution >= 0.6 is 0 Å². The van der Waals surface area contributed by atoms with Crippen molar-refractivity contribution in [2.24, 2.45) is 5.73 Å². The molecule has 2 aromatic heterocycles. The van der Waals surface area contributed by atoms with E-state index in [0.29, 0.717) is 13.1 Å². The number of aryl methyl sites for hydroxylation is 2. The maximum absolute atomic E-state index is 9.28. The Labute approximate surface area is 135 Å². The molecule has 3 N–H and O–H groups in total. The quantitative estimate of drug-likeness (QED) is 0.725. The summed E-state index contributed by atoms with van der Waals surface area (Å²) in [5.74, 6) is 0.908. The smallest absolute Gasteiger partial charge is 0.120 e. The third kappa shape index (κ3) is 2.75. The van der Waals surface area contributed by atoms with Crippen LogP contribution in [0, 0.1) is 6.92 Å². The van der Waals surface area contributed by atoms with Crippen molar-refractivity contribution in [2.75, 3.05) is 13.2 Å². The standard InChI is InChI=1S/C17H23N5O/c1-3-21-15-7-5-4-6-14(15)19-17(21)13(11-18)16-10-12(2)20-22(16)8-9-23/h4-7,10,13,23H,3,8-9,11,18H2,1-2H3. The first-order valence-electron chi connectivity index (χ1n) is 8.00. The van der Waals surface area contributed by atoms with Crippen molar-refractivity contribution in [3.8, 4) is 0 Å². The molecular formula is C17H23N5O. The molecule has 1 unspecified atom stereocenters. The SMILES string of the molecule is CCn1c(C(CN)c2cc(C)nn2CCO)nc2ccccc21. The second-order valence-electron chi connectivity index (χ2n) is 5.65. The molecule has 0 amide bonds. The third-order valence-corrected chi connectivity index (χ3v) is 4.15. The number of benzene rings is 1. The second-order valence-corrected chi connectivity index (χ2v) is 5.65. The van der Waals surface area contributed by atoms with Crippen LogP contribution in [0.2, 0.25) is 0 Å². The fourth-order valence-electron chi connectivity index (χ4n) is 3.17. The Balaban J connectivity index is 2.15. The first kappa shape index (κ1) is 15.7.